The molecule has 0 saturated heterocycles. The molecule has 0 fully saturated rings. The molecule has 0 bridgehead atoms. The van der Waals surface area contributed by atoms with Gasteiger partial charge in [0.05, 0.1) is 0 Å². The zero-order valence-corrected chi connectivity index (χ0v) is 45.3. The highest BCUT2D eigenvalue weighted by Gasteiger charge is 2.29. The van der Waals surface area contributed by atoms with Gasteiger partial charge in [-0.15, -0.1) is 0 Å². The summed E-state index contributed by atoms with van der Waals surface area (Å²) < 4.78 is 0. The maximum atomic E-state index is 2.60. The van der Waals surface area contributed by atoms with E-state index in [0.29, 0.717) is 0 Å². The fraction of sp³-hybridized carbons (Fsp3) is 0.216. The van der Waals surface area contributed by atoms with Crippen molar-refractivity contribution in [1.29, 1.82) is 0 Å². The Morgan fingerprint density at radius 2 is 0.514 bits per heavy atom. The van der Waals surface area contributed by atoms with Crippen molar-refractivity contribution < 1.29 is 0 Å². The summed E-state index contributed by atoms with van der Waals surface area (Å²) >= 11 is 0. The van der Waals surface area contributed by atoms with Gasteiger partial charge in [-0.3, -0.25) is 0 Å². The van der Waals surface area contributed by atoms with Crippen LogP contribution in [0.15, 0.2) is 182 Å². The SMILES string of the molecule is CC(C)(C)c1cc(-c2ccc(-c3cc(C(C)(C)C)cc(C(C)(C)C)c3)c3c4cc5c(cc6c7c(-c8ccccc8)c8ccccc8c(-c8ccccc8)c7c7cccc5c76)c5cccc(c23)c54)cc(C(C)(C)C)c1. The molecule has 0 radical (unpaired) electrons. The lowest BCUT2D eigenvalue weighted by Crippen LogP contribution is -2.16. The lowest BCUT2D eigenvalue weighted by Gasteiger charge is -2.27. The average molecular weight is 955 g/mol. The normalized spacial score (nSPS) is 13.1. The predicted molar refractivity (Wildman–Crippen MR) is 325 cm³/mol. The van der Waals surface area contributed by atoms with Gasteiger partial charge in [0.1, 0.15) is 0 Å². The second kappa shape index (κ2) is 16.0. The van der Waals surface area contributed by atoms with Gasteiger partial charge in [-0.05, 0) is 187 Å². The Morgan fingerprint density at radius 3 is 0.905 bits per heavy atom. The molecule has 362 valence electrons. The second-order valence-electron chi connectivity index (χ2n) is 25.7. The Morgan fingerprint density at radius 1 is 0.203 bits per heavy atom. The molecule has 0 aliphatic heterocycles. The van der Waals surface area contributed by atoms with Crippen molar-refractivity contribution in [2.45, 2.75) is 105 Å². The molecule has 0 unspecified atom stereocenters. The molecule has 0 aliphatic rings. The largest absolute Gasteiger partial charge is 0.0622 e. The van der Waals surface area contributed by atoms with Gasteiger partial charge in [0, 0.05) is 0 Å². The molecule has 0 aliphatic carbocycles. The molecule has 0 spiro atoms. The zero-order chi connectivity index (χ0) is 51.4. The zero-order valence-electron chi connectivity index (χ0n) is 45.3. The first-order valence-electron chi connectivity index (χ1n) is 26.9. The average Bonchev–Trinajstić information content (AvgIpc) is 3.99. The van der Waals surface area contributed by atoms with Crippen molar-refractivity contribution in [3.05, 3.63) is 204 Å². The molecule has 13 aromatic rings. The first-order chi connectivity index (χ1) is 35.3. The van der Waals surface area contributed by atoms with Crippen molar-refractivity contribution in [3.63, 3.8) is 0 Å². The van der Waals surface area contributed by atoms with Crippen LogP contribution in [0, 0.1) is 0 Å². The molecular formula is C74H66. The van der Waals surface area contributed by atoms with Gasteiger partial charge in [-0.2, -0.15) is 0 Å². The van der Waals surface area contributed by atoms with E-state index in [9.17, 15) is 0 Å². The van der Waals surface area contributed by atoms with Crippen molar-refractivity contribution in [2.75, 3.05) is 0 Å². The minimum absolute atomic E-state index is 0.0215. The standard InChI is InChI=1S/C74H66/c1-71(2,3)47-35-45(36-48(39-47)72(4,5)6)51-33-34-52(46-37-49(73(7,8)9)40-50(38-46)74(10,11)12)68-61-41-59-56-30-22-32-58-66(56)62(42-60(59)55-29-21-31-57(65(55)61)67(51)68)70-64(44-25-17-14-18-26-44)54-28-20-19-27-53(54)63(69(58)70)43-23-15-13-16-24-43/h13-42H,1-12H3. The summed E-state index contributed by atoms with van der Waals surface area (Å²) in [6, 6.07) is 70.6. The number of benzene rings is 11. The fourth-order valence-corrected chi connectivity index (χ4v) is 12.7. The third-order valence-corrected chi connectivity index (χ3v) is 16.7. The third kappa shape index (κ3) is 7.01. The van der Waals surface area contributed by atoms with E-state index in [1.807, 2.05) is 0 Å². The maximum absolute atomic E-state index is 2.60. The molecule has 0 nitrogen and oxygen atoms in total. The van der Waals surface area contributed by atoms with E-state index in [-0.39, 0.29) is 21.7 Å². The van der Waals surface area contributed by atoms with E-state index >= 15 is 0 Å². The summed E-state index contributed by atoms with van der Waals surface area (Å²) in [7, 11) is 0. The molecule has 13 rings (SSSR count). The van der Waals surface area contributed by atoms with Crippen molar-refractivity contribution in [1.82, 2.24) is 0 Å². The molecule has 74 heavy (non-hydrogen) atoms. The van der Waals surface area contributed by atoms with Gasteiger partial charge < -0.3 is 0 Å². The molecule has 0 aromatic heterocycles. The Labute approximate surface area is 437 Å². The van der Waals surface area contributed by atoms with Crippen LogP contribution in [-0.4, -0.2) is 0 Å². The van der Waals surface area contributed by atoms with Crippen LogP contribution in [-0.2, 0) is 21.7 Å². The van der Waals surface area contributed by atoms with E-state index in [1.54, 1.807) is 0 Å². The van der Waals surface area contributed by atoms with Gasteiger partial charge in [0.25, 0.3) is 0 Å². The van der Waals surface area contributed by atoms with Gasteiger partial charge >= 0.3 is 0 Å². The van der Waals surface area contributed by atoms with Crippen LogP contribution in [0.3, 0.4) is 0 Å². The monoisotopic (exact) mass is 955 g/mol. The molecule has 0 atom stereocenters. The van der Waals surface area contributed by atoms with Gasteiger partial charge in [0.15, 0.2) is 0 Å². The van der Waals surface area contributed by atoms with Crippen LogP contribution < -0.4 is 0 Å². The van der Waals surface area contributed by atoms with Crippen LogP contribution in [0.25, 0.3) is 131 Å². The second-order valence-corrected chi connectivity index (χ2v) is 25.7. The lowest BCUT2D eigenvalue weighted by molar-refractivity contribution is 0.568. The highest BCUT2D eigenvalue weighted by atomic mass is 14.3. The van der Waals surface area contributed by atoms with E-state index in [4.69, 9.17) is 0 Å². The van der Waals surface area contributed by atoms with Gasteiger partial charge in [-0.1, -0.05) is 253 Å². The van der Waals surface area contributed by atoms with Crippen LogP contribution >= 0.6 is 0 Å². The van der Waals surface area contributed by atoms with E-state index < -0.39 is 0 Å². The topological polar surface area (TPSA) is 0 Å². The molecular weight excluding hydrogens is 889 g/mol. The van der Waals surface area contributed by atoms with Crippen LogP contribution in [0.2, 0.25) is 0 Å². The first kappa shape index (κ1) is 46.3. The van der Waals surface area contributed by atoms with Crippen molar-refractivity contribution >= 4 is 86.2 Å². The smallest absolute Gasteiger partial charge is 0.000719 e. The summed E-state index contributed by atoms with van der Waals surface area (Å²) in [5, 5.41) is 21.1. The quantitative estimate of drug-likeness (QED) is 0.154. The molecule has 13 aromatic carbocycles. The number of hydrogen-bond donors (Lipinski definition) is 0. The van der Waals surface area contributed by atoms with Gasteiger partial charge in [0.2, 0.25) is 0 Å². The van der Waals surface area contributed by atoms with Crippen LogP contribution in [0.5, 0.6) is 0 Å². The highest BCUT2D eigenvalue weighted by molar-refractivity contribution is 6.46. The van der Waals surface area contributed by atoms with E-state index in [1.165, 1.54) is 153 Å². The van der Waals surface area contributed by atoms with Crippen molar-refractivity contribution in [2.24, 2.45) is 0 Å². The highest BCUT2D eigenvalue weighted by Crippen LogP contribution is 2.55. The Balaban J connectivity index is 1.24. The Kier molecular flexibility index (Phi) is 9.99. The van der Waals surface area contributed by atoms with Crippen LogP contribution in [0.1, 0.15) is 105 Å². The molecule has 0 heteroatoms. The predicted octanol–water partition coefficient (Wildman–Crippen LogP) is 21.6. The third-order valence-electron chi connectivity index (χ3n) is 16.7. The minimum atomic E-state index is -0.0279. The van der Waals surface area contributed by atoms with Crippen LogP contribution in [0.4, 0.5) is 0 Å². The first-order valence-corrected chi connectivity index (χ1v) is 26.9. The minimum Gasteiger partial charge on any atom is -0.0622 e. The molecule has 0 N–H and O–H groups in total. The summed E-state index contributed by atoms with van der Waals surface area (Å²) in [5.74, 6) is 0. The summed E-state index contributed by atoms with van der Waals surface area (Å²) in [6.45, 7) is 28.3. The molecule has 0 amide bonds. The van der Waals surface area contributed by atoms with E-state index in [2.05, 4.69) is 265 Å². The van der Waals surface area contributed by atoms with E-state index in [0.717, 1.165) is 0 Å². The number of hydrogen-bond acceptors (Lipinski definition) is 0. The van der Waals surface area contributed by atoms with Crippen molar-refractivity contribution in [3.8, 4) is 44.5 Å². The number of fused-ring (bicyclic) bond motifs is 10. The molecule has 0 heterocycles. The summed E-state index contributed by atoms with van der Waals surface area (Å²) in [6.07, 6.45) is 0. The fourth-order valence-electron chi connectivity index (χ4n) is 12.7. The Hall–Kier alpha value is -7.54. The summed E-state index contributed by atoms with van der Waals surface area (Å²) in [5.41, 5.74) is 15.6. The molecule has 0 saturated carbocycles. The summed E-state index contributed by atoms with van der Waals surface area (Å²) in [4.78, 5) is 0. The van der Waals surface area contributed by atoms with Gasteiger partial charge in [-0.25, -0.2) is 0 Å². The lowest BCUT2D eigenvalue weighted by atomic mass is 9.77. The Bertz CT molecular complexity index is 4340. The number of rotatable bonds is 4. The maximum Gasteiger partial charge on any atom is -0.000719 e.